The zero-order chi connectivity index (χ0) is 13.1. The predicted molar refractivity (Wildman–Crippen MR) is 78.2 cm³/mol. The van der Waals surface area contributed by atoms with Gasteiger partial charge in [-0.05, 0) is 40.7 Å². The van der Waals surface area contributed by atoms with Gasteiger partial charge in [-0.1, -0.05) is 45.9 Å². The second kappa shape index (κ2) is 5.43. The van der Waals surface area contributed by atoms with Crippen LogP contribution < -0.4 is 0 Å². The normalized spacial score (nSPS) is 11.4. The summed E-state index contributed by atoms with van der Waals surface area (Å²) in [5.74, 6) is 1.18. The van der Waals surface area contributed by atoms with E-state index >= 15 is 0 Å². The third-order valence-electron chi connectivity index (χ3n) is 3.40. The summed E-state index contributed by atoms with van der Waals surface area (Å²) in [5.41, 5.74) is 4.30. The summed E-state index contributed by atoms with van der Waals surface area (Å²) in [6.45, 7) is 10.0. The van der Waals surface area contributed by atoms with Gasteiger partial charge in [0.1, 0.15) is 0 Å². The number of rotatable bonds is 4. The van der Waals surface area contributed by atoms with E-state index in [9.17, 15) is 0 Å². The highest BCUT2D eigenvalue weighted by Crippen LogP contribution is 2.23. The quantitative estimate of drug-likeness (QED) is 0.725. The summed E-state index contributed by atoms with van der Waals surface area (Å²) >= 11 is 0. The van der Waals surface area contributed by atoms with Crippen LogP contribution in [0.4, 0.5) is 0 Å². The minimum absolute atomic E-state index is 0.590. The fraction of sp³-hybridized carbons (Fsp3) is 0.412. The van der Waals surface area contributed by atoms with Crippen molar-refractivity contribution >= 4 is 0 Å². The maximum atomic E-state index is 2.36. The molecule has 0 radical (unpaired) electrons. The smallest absolute Gasteiger partial charge is 0.0470 e. The van der Waals surface area contributed by atoms with Gasteiger partial charge in [0.15, 0.2) is 0 Å². The average Bonchev–Trinajstić information content (AvgIpc) is 2.81. The van der Waals surface area contributed by atoms with Gasteiger partial charge in [0.05, 0.1) is 0 Å². The lowest BCUT2D eigenvalue weighted by atomic mass is 9.93. The largest absolute Gasteiger partial charge is 0.350 e. The number of hydrogen-bond acceptors (Lipinski definition) is 0. The molecular formula is C17H23N. The second-order valence-electron chi connectivity index (χ2n) is 5.67. The topological polar surface area (TPSA) is 4.93 Å². The Balaban J connectivity index is 2.34. The van der Waals surface area contributed by atoms with E-state index in [2.05, 4.69) is 75.0 Å². The van der Waals surface area contributed by atoms with Crippen LogP contribution in [0.2, 0.25) is 0 Å². The number of benzene rings is 1. The van der Waals surface area contributed by atoms with E-state index in [1.807, 2.05) is 0 Å². The van der Waals surface area contributed by atoms with Crippen molar-refractivity contribution in [2.75, 3.05) is 0 Å². The van der Waals surface area contributed by atoms with Crippen molar-refractivity contribution in [2.24, 2.45) is 0 Å². The first-order valence-corrected chi connectivity index (χ1v) is 6.80. The van der Waals surface area contributed by atoms with Crippen molar-refractivity contribution in [1.29, 1.82) is 0 Å². The number of nitrogens with zero attached hydrogens (tertiary/aromatic N) is 1. The summed E-state index contributed by atoms with van der Waals surface area (Å²) in [6, 6.07) is 11.2. The lowest BCUT2D eigenvalue weighted by Gasteiger charge is -2.15. The van der Waals surface area contributed by atoms with Gasteiger partial charge >= 0.3 is 0 Å². The van der Waals surface area contributed by atoms with Gasteiger partial charge in [0.25, 0.3) is 0 Å². The summed E-state index contributed by atoms with van der Waals surface area (Å²) in [6.07, 6.45) is 4.24. The Morgan fingerprint density at radius 2 is 1.33 bits per heavy atom. The Labute approximate surface area is 110 Å². The van der Waals surface area contributed by atoms with E-state index in [-0.39, 0.29) is 0 Å². The molecule has 96 valence electrons. The third kappa shape index (κ3) is 3.04. The first-order chi connectivity index (χ1) is 8.56. The van der Waals surface area contributed by atoms with Crippen LogP contribution in [0, 0.1) is 0 Å². The Hall–Kier alpha value is -1.50. The molecule has 0 bridgehead atoms. The molecule has 1 heteroatoms. The molecule has 2 rings (SSSR count). The molecule has 0 aliphatic carbocycles. The molecule has 1 nitrogen and oxygen atoms in total. The van der Waals surface area contributed by atoms with Crippen molar-refractivity contribution in [3.63, 3.8) is 0 Å². The molecule has 0 saturated heterocycles. The molecule has 0 fully saturated rings. The first-order valence-electron chi connectivity index (χ1n) is 6.80. The Morgan fingerprint density at radius 3 is 1.78 bits per heavy atom. The summed E-state index contributed by atoms with van der Waals surface area (Å²) in [4.78, 5) is 0. The molecule has 0 atom stereocenters. The van der Waals surface area contributed by atoms with Crippen LogP contribution in [0.1, 0.15) is 56.2 Å². The molecule has 0 aliphatic rings. The van der Waals surface area contributed by atoms with Gasteiger partial charge in [0.2, 0.25) is 0 Å². The molecule has 1 heterocycles. The highest BCUT2D eigenvalue weighted by Gasteiger charge is 2.07. The third-order valence-corrected chi connectivity index (χ3v) is 3.40. The van der Waals surface area contributed by atoms with Gasteiger partial charge in [-0.3, -0.25) is 0 Å². The van der Waals surface area contributed by atoms with E-state index < -0.39 is 0 Å². The molecule has 0 aliphatic heterocycles. The maximum absolute atomic E-state index is 2.36. The minimum atomic E-state index is 0.590. The fourth-order valence-electron chi connectivity index (χ4n) is 2.19. The molecule has 0 saturated carbocycles. The Bertz CT molecular complexity index is 466. The Morgan fingerprint density at radius 1 is 0.833 bits per heavy atom. The van der Waals surface area contributed by atoms with Crippen LogP contribution in [0.15, 0.2) is 42.7 Å². The molecule has 0 unspecified atom stereocenters. The van der Waals surface area contributed by atoms with Crippen molar-refractivity contribution in [3.05, 3.63) is 59.4 Å². The standard InChI is InChI=1S/C17H23N/c1-13(2)16-9-15(10-17(11-16)14(3)4)12-18-7-5-6-8-18/h5-11,13-14H,12H2,1-4H3. The van der Waals surface area contributed by atoms with Crippen LogP contribution in [0.3, 0.4) is 0 Å². The fourth-order valence-corrected chi connectivity index (χ4v) is 2.19. The van der Waals surface area contributed by atoms with Crippen LogP contribution in [-0.4, -0.2) is 4.57 Å². The van der Waals surface area contributed by atoms with E-state index in [1.54, 1.807) is 0 Å². The van der Waals surface area contributed by atoms with Crippen molar-refractivity contribution in [1.82, 2.24) is 4.57 Å². The Kier molecular flexibility index (Phi) is 3.90. The lowest BCUT2D eigenvalue weighted by molar-refractivity contribution is 0.783. The number of aromatic nitrogens is 1. The molecule has 0 N–H and O–H groups in total. The van der Waals surface area contributed by atoms with Gasteiger partial charge in [-0.15, -0.1) is 0 Å². The van der Waals surface area contributed by atoms with E-state index in [0.29, 0.717) is 11.8 Å². The highest BCUT2D eigenvalue weighted by atomic mass is 14.9. The predicted octanol–water partition coefficient (Wildman–Crippen LogP) is 4.78. The van der Waals surface area contributed by atoms with Gasteiger partial charge < -0.3 is 4.57 Å². The van der Waals surface area contributed by atoms with Gasteiger partial charge in [0, 0.05) is 18.9 Å². The van der Waals surface area contributed by atoms with Crippen molar-refractivity contribution in [2.45, 2.75) is 46.1 Å². The van der Waals surface area contributed by atoms with E-state index in [1.165, 1.54) is 16.7 Å². The summed E-state index contributed by atoms with van der Waals surface area (Å²) < 4.78 is 2.23. The molecule has 0 amide bonds. The lowest BCUT2D eigenvalue weighted by Crippen LogP contribution is -2.01. The van der Waals surface area contributed by atoms with Gasteiger partial charge in [-0.25, -0.2) is 0 Å². The zero-order valence-corrected chi connectivity index (χ0v) is 11.9. The van der Waals surface area contributed by atoms with Crippen LogP contribution in [0.5, 0.6) is 0 Å². The molecule has 0 spiro atoms. The second-order valence-corrected chi connectivity index (χ2v) is 5.67. The minimum Gasteiger partial charge on any atom is -0.350 e. The average molecular weight is 241 g/mol. The van der Waals surface area contributed by atoms with Crippen LogP contribution >= 0.6 is 0 Å². The van der Waals surface area contributed by atoms with Gasteiger partial charge in [-0.2, -0.15) is 0 Å². The molecule has 2 aromatic rings. The summed E-state index contributed by atoms with van der Waals surface area (Å²) in [7, 11) is 0. The molecule has 18 heavy (non-hydrogen) atoms. The van der Waals surface area contributed by atoms with Crippen molar-refractivity contribution < 1.29 is 0 Å². The van der Waals surface area contributed by atoms with Crippen LogP contribution in [-0.2, 0) is 6.54 Å². The van der Waals surface area contributed by atoms with Crippen molar-refractivity contribution in [3.8, 4) is 0 Å². The first kappa shape index (κ1) is 12.9. The zero-order valence-electron chi connectivity index (χ0n) is 11.9. The number of hydrogen-bond donors (Lipinski definition) is 0. The SMILES string of the molecule is CC(C)c1cc(Cn2cccc2)cc(C(C)C)c1. The van der Waals surface area contributed by atoms with E-state index in [0.717, 1.165) is 6.54 Å². The monoisotopic (exact) mass is 241 g/mol. The molecule has 1 aromatic heterocycles. The van der Waals surface area contributed by atoms with Crippen LogP contribution in [0.25, 0.3) is 0 Å². The van der Waals surface area contributed by atoms with E-state index in [4.69, 9.17) is 0 Å². The molecular weight excluding hydrogens is 218 g/mol. The molecule has 1 aromatic carbocycles. The highest BCUT2D eigenvalue weighted by molar-refractivity contribution is 5.33. The maximum Gasteiger partial charge on any atom is 0.0470 e. The summed E-state index contributed by atoms with van der Waals surface area (Å²) in [5, 5.41) is 0.